The Kier molecular flexibility index (Phi) is 7.11. The molecule has 1 heterocycles. The second-order valence-corrected chi connectivity index (χ2v) is 6.22. The van der Waals surface area contributed by atoms with Gasteiger partial charge in [-0.1, -0.05) is 25.5 Å². The molecule has 2 rings (SSSR count). The zero-order chi connectivity index (χ0) is 16.5. The molecule has 4 heteroatoms. The van der Waals surface area contributed by atoms with Crippen LogP contribution in [-0.2, 0) is 4.79 Å². The first-order valence-corrected chi connectivity index (χ1v) is 8.91. The van der Waals surface area contributed by atoms with Crippen LogP contribution in [-0.4, -0.2) is 17.4 Å². The summed E-state index contributed by atoms with van der Waals surface area (Å²) in [4.78, 5) is 16.4. The van der Waals surface area contributed by atoms with Crippen LogP contribution in [0, 0.1) is 5.92 Å². The lowest BCUT2D eigenvalue weighted by atomic mass is 9.97. The maximum Gasteiger partial charge on any atom is 0.227 e. The van der Waals surface area contributed by atoms with E-state index < -0.39 is 0 Å². The molecule has 1 aliphatic carbocycles. The highest BCUT2D eigenvalue weighted by Gasteiger charge is 2.14. The smallest absolute Gasteiger partial charge is 0.227 e. The number of carbonyl (C=O) groups excluding carboxylic acids is 1. The molecule has 1 amide bonds. The van der Waals surface area contributed by atoms with Crippen molar-refractivity contribution >= 4 is 17.4 Å². The van der Waals surface area contributed by atoms with Gasteiger partial charge in [-0.2, -0.15) is 0 Å². The Labute approximate surface area is 139 Å². The summed E-state index contributed by atoms with van der Waals surface area (Å²) in [5.41, 5.74) is 2.33. The number of amides is 1. The molecule has 0 fully saturated rings. The van der Waals surface area contributed by atoms with Gasteiger partial charge in [0.1, 0.15) is 5.82 Å². The second-order valence-electron chi connectivity index (χ2n) is 6.22. The lowest BCUT2D eigenvalue weighted by Crippen LogP contribution is -2.21. The van der Waals surface area contributed by atoms with Gasteiger partial charge in [-0.3, -0.25) is 4.79 Å². The van der Waals surface area contributed by atoms with E-state index in [1.807, 2.05) is 26.0 Å². The van der Waals surface area contributed by atoms with Gasteiger partial charge in [0.15, 0.2) is 0 Å². The average Bonchev–Trinajstić information content (AvgIpc) is 2.58. The summed E-state index contributed by atoms with van der Waals surface area (Å²) >= 11 is 0. The van der Waals surface area contributed by atoms with Crippen molar-refractivity contribution < 1.29 is 4.79 Å². The van der Waals surface area contributed by atoms with Gasteiger partial charge >= 0.3 is 0 Å². The van der Waals surface area contributed by atoms with Crippen LogP contribution in [0.3, 0.4) is 0 Å². The van der Waals surface area contributed by atoms with E-state index in [9.17, 15) is 4.79 Å². The molecular weight excluding hydrogens is 286 g/mol. The van der Waals surface area contributed by atoms with Crippen molar-refractivity contribution in [3.63, 3.8) is 0 Å². The monoisotopic (exact) mass is 315 g/mol. The molecule has 0 unspecified atom stereocenters. The summed E-state index contributed by atoms with van der Waals surface area (Å²) in [6.45, 7) is 5.00. The van der Waals surface area contributed by atoms with Gasteiger partial charge in [0.05, 0.1) is 11.9 Å². The van der Waals surface area contributed by atoms with Crippen molar-refractivity contribution in [2.24, 2.45) is 5.92 Å². The molecule has 2 N–H and O–H groups in total. The number of aromatic nitrogens is 1. The van der Waals surface area contributed by atoms with Crippen molar-refractivity contribution in [2.45, 2.75) is 58.8 Å². The third kappa shape index (κ3) is 5.70. The molecular formula is C19H29N3O. The number of nitrogens with one attached hydrogen (secondary N) is 2. The molecule has 0 aromatic carbocycles. The molecule has 1 aliphatic rings. The van der Waals surface area contributed by atoms with Crippen molar-refractivity contribution in [3.8, 4) is 0 Å². The van der Waals surface area contributed by atoms with Crippen molar-refractivity contribution in [1.29, 1.82) is 0 Å². The molecule has 0 saturated heterocycles. The first kappa shape index (κ1) is 17.5. The minimum atomic E-state index is 0.0802. The minimum Gasteiger partial charge on any atom is -0.370 e. The summed E-state index contributed by atoms with van der Waals surface area (Å²) in [5.74, 6) is 1.03. The highest BCUT2D eigenvalue weighted by molar-refractivity contribution is 5.92. The lowest BCUT2D eigenvalue weighted by molar-refractivity contribution is -0.120. The van der Waals surface area contributed by atoms with E-state index in [2.05, 4.69) is 21.7 Å². The molecule has 0 radical (unpaired) electrons. The lowest BCUT2D eigenvalue weighted by Gasteiger charge is -2.14. The number of carbonyl (C=O) groups is 1. The number of hydrogen-bond acceptors (Lipinski definition) is 3. The fraction of sp³-hybridized carbons (Fsp3) is 0.579. The number of rotatable bonds is 8. The summed E-state index contributed by atoms with van der Waals surface area (Å²) in [5, 5.41) is 6.29. The van der Waals surface area contributed by atoms with Crippen molar-refractivity contribution in [1.82, 2.24) is 4.98 Å². The third-order valence-electron chi connectivity index (χ3n) is 4.52. The number of nitrogens with zero attached hydrogens (tertiary/aromatic N) is 1. The molecule has 1 aromatic heterocycles. The SMILES string of the molecule is CCC(CC)C(=O)Nc1ccc(NCCC2=CCCCC2)nc1. The second kappa shape index (κ2) is 9.33. The normalized spacial score (nSPS) is 14.5. The Bertz CT molecular complexity index is 518. The number of hydrogen-bond donors (Lipinski definition) is 2. The fourth-order valence-electron chi connectivity index (χ4n) is 2.96. The molecule has 126 valence electrons. The van der Waals surface area contributed by atoms with E-state index in [1.165, 1.54) is 25.7 Å². The van der Waals surface area contributed by atoms with Gasteiger partial charge in [-0.25, -0.2) is 4.98 Å². The zero-order valence-electron chi connectivity index (χ0n) is 14.4. The molecule has 0 bridgehead atoms. The minimum absolute atomic E-state index is 0.0802. The highest BCUT2D eigenvalue weighted by atomic mass is 16.1. The van der Waals surface area contributed by atoms with Gasteiger partial charge in [0.25, 0.3) is 0 Å². The van der Waals surface area contributed by atoms with Crippen LogP contribution >= 0.6 is 0 Å². The van der Waals surface area contributed by atoms with Gasteiger partial charge < -0.3 is 10.6 Å². The average molecular weight is 315 g/mol. The summed E-state index contributed by atoms with van der Waals surface area (Å²) in [6, 6.07) is 3.84. The maximum atomic E-state index is 12.0. The van der Waals surface area contributed by atoms with E-state index in [-0.39, 0.29) is 11.8 Å². The molecule has 0 spiro atoms. The largest absolute Gasteiger partial charge is 0.370 e. The first-order valence-electron chi connectivity index (χ1n) is 8.91. The Morgan fingerprint density at radius 2 is 2.09 bits per heavy atom. The topological polar surface area (TPSA) is 54.0 Å². The molecule has 0 saturated carbocycles. The number of pyridine rings is 1. The van der Waals surface area contributed by atoms with Gasteiger partial charge in [-0.15, -0.1) is 0 Å². The van der Waals surface area contributed by atoms with Crippen LogP contribution in [0.1, 0.15) is 58.8 Å². The Morgan fingerprint density at radius 3 is 2.70 bits per heavy atom. The van der Waals surface area contributed by atoms with Crippen LogP contribution in [0.15, 0.2) is 30.0 Å². The standard InChI is InChI=1S/C19H29N3O/c1-3-16(4-2)19(23)22-17-10-11-18(21-14-17)20-13-12-15-8-6-5-7-9-15/h8,10-11,14,16H,3-7,9,12-13H2,1-2H3,(H,20,21)(H,22,23). The maximum absolute atomic E-state index is 12.0. The van der Waals surface area contributed by atoms with Gasteiger partial charge in [0, 0.05) is 12.5 Å². The predicted molar refractivity (Wildman–Crippen MR) is 96.6 cm³/mol. The Morgan fingerprint density at radius 1 is 1.26 bits per heavy atom. The quantitative estimate of drug-likeness (QED) is 0.680. The number of allylic oxidation sites excluding steroid dienone is 1. The van der Waals surface area contributed by atoms with E-state index in [1.54, 1.807) is 11.8 Å². The summed E-state index contributed by atoms with van der Waals surface area (Å²) in [7, 11) is 0. The highest BCUT2D eigenvalue weighted by Crippen LogP contribution is 2.20. The van der Waals surface area contributed by atoms with Crippen molar-refractivity contribution in [3.05, 3.63) is 30.0 Å². The Hall–Kier alpha value is -1.84. The molecule has 0 aliphatic heterocycles. The van der Waals surface area contributed by atoms with Crippen LogP contribution in [0.25, 0.3) is 0 Å². The van der Waals surface area contributed by atoms with Crippen LogP contribution in [0.2, 0.25) is 0 Å². The van der Waals surface area contributed by atoms with Crippen LogP contribution in [0.4, 0.5) is 11.5 Å². The van der Waals surface area contributed by atoms with Crippen LogP contribution < -0.4 is 10.6 Å². The molecule has 1 aromatic rings. The molecule has 23 heavy (non-hydrogen) atoms. The first-order chi connectivity index (χ1) is 11.2. The fourth-order valence-corrected chi connectivity index (χ4v) is 2.96. The van der Waals surface area contributed by atoms with Crippen LogP contribution in [0.5, 0.6) is 0 Å². The predicted octanol–water partition coefficient (Wildman–Crippen LogP) is 4.76. The van der Waals surface area contributed by atoms with Gasteiger partial charge in [-0.05, 0) is 57.1 Å². The van der Waals surface area contributed by atoms with E-state index in [4.69, 9.17) is 0 Å². The van der Waals surface area contributed by atoms with Crippen molar-refractivity contribution in [2.75, 3.05) is 17.2 Å². The van der Waals surface area contributed by atoms with E-state index in [0.29, 0.717) is 0 Å². The Balaban J connectivity index is 1.77. The molecule has 4 nitrogen and oxygen atoms in total. The summed E-state index contributed by atoms with van der Waals surface area (Å²) in [6.07, 6.45) is 12.1. The summed E-state index contributed by atoms with van der Waals surface area (Å²) < 4.78 is 0. The third-order valence-corrected chi connectivity index (χ3v) is 4.52. The zero-order valence-corrected chi connectivity index (χ0v) is 14.4. The number of anilines is 2. The van der Waals surface area contributed by atoms with E-state index in [0.717, 1.165) is 37.3 Å². The molecule has 0 atom stereocenters. The van der Waals surface area contributed by atoms with Gasteiger partial charge in [0.2, 0.25) is 5.91 Å². The van der Waals surface area contributed by atoms with E-state index >= 15 is 0 Å².